The summed E-state index contributed by atoms with van der Waals surface area (Å²) in [6, 6.07) is 5.82. The van der Waals surface area contributed by atoms with Gasteiger partial charge in [-0.05, 0) is 44.3 Å². The minimum Gasteiger partial charge on any atom is -0.489 e. The van der Waals surface area contributed by atoms with Gasteiger partial charge in [-0.25, -0.2) is 9.78 Å². The van der Waals surface area contributed by atoms with E-state index in [2.05, 4.69) is 25.3 Å². The number of amides is 1. The number of H-pyrrole nitrogens is 1. The van der Waals surface area contributed by atoms with Crippen molar-refractivity contribution in [3.05, 3.63) is 35.0 Å². The van der Waals surface area contributed by atoms with Gasteiger partial charge in [-0.3, -0.25) is 5.10 Å². The molecule has 198 valence electrons. The van der Waals surface area contributed by atoms with E-state index in [4.69, 9.17) is 26.3 Å². The second kappa shape index (κ2) is 9.48. The lowest BCUT2D eigenvalue weighted by Gasteiger charge is -2.39. The summed E-state index contributed by atoms with van der Waals surface area (Å²) in [6.45, 7) is 5.00. The third-order valence-electron chi connectivity index (χ3n) is 7.25. The fourth-order valence-corrected chi connectivity index (χ4v) is 5.63. The number of piperazine rings is 1. The zero-order valence-corrected chi connectivity index (χ0v) is 22.2. The van der Waals surface area contributed by atoms with Gasteiger partial charge in [-0.2, -0.15) is 10.1 Å². The second-order valence-corrected chi connectivity index (χ2v) is 10.4. The summed E-state index contributed by atoms with van der Waals surface area (Å²) >= 11 is 7.12. The molecule has 0 bridgehead atoms. The van der Waals surface area contributed by atoms with Crippen LogP contribution in [-0.4, -0.2) is 101 Å². The maximum atomic E-state index is 11.7. The molecule has 2 aliphatic rings. The standard InChI is InChI=1S/C26H29ClN8O3/c1-14-4-5-18-17(11-29-32-18)20(14)16-10-19-21-23(22(16)27)38-13-15-12-34(26(36)37)8-9-35(15)24(21)31-25(30-19)28-6-7-33(2)3/h4-5,10-11,15H,6-9,12-13H2,1-3H3,(H,29,32)(H,36,37)(H,28,30,31)/t15-/m0/s1. The van der Waals surface area contributed by atoms with Gasteiger partial charge in [0, 0.05) is 43.7 Å². The summed E-state index contributed by atoms with van der Waals surface area (Å²) in [6.07, 6.45) is 0.867. The molecular formula is C26H29ClN8O3. The molecule has 0 unspecified atom stereocenters. The third kappa shape index (κ3) is 4.11. The quantitative estimate of drug-likeness (QED) is 0.350. The first-order valence-corrected chi connectivity index (χ1v) is 12.9. The maximum Gasteiger partial charge on any atom is 0.407 e. The lowest BCUT2D eigenvalue weighted by molar-refractivity contribution is 0.127. The molecule has 12 heteroatoms. The van der Waals surface area contributed by atoms with E-state index in [1.165, 1.54) is 4.90 Å². The summed E-state index contributed by atoms with van der Waals surface area (Å²) in [4.78, 5) is 27.2. The topological polar surface area (TPSA) is 123 Å². The number of likely N-dealkylation sites (N-methyl/N-ethyl adjacent to an activating group) is 1. The molecule has 0 radical (unpaired) electrons. The molecule has 2 aromatic carbocycles. The number of halogens is 1. The molecule has 1 atom stereocenters. The Balaban J connectivity index is 1.55. The maximum absolute atomic E-state index is 11.7. The van der Waals surface area contributed by atoms with Gasteiger partial charge < -0.3 is 29.9 Å². The number of aromatic amines is 1. The molecule has 0 spiro atoms. The highest BCUT2D eigenvalue weighted by molar-refractivity contribution is 6.37. The van der Waals surface area contributed by atoms with Crippen molar-refractivity contribution in [2.24, 2.45) is 0 Å². The van der Waals surface area contributed by atoms with Gasteiger partial charge in [0.25, 0.3) is 0 Å². The number of carbonyl (C=O) groups is 1. The van der Waals surface area contributed by atoms with Crippen LogP contribution in [-0.2, 0) is 0 Å². The number of benzene rings is 2. The molecule has 38 heavy (non-hydrogen) atoms. The molecule has 1 fully saturated rings. The number of aromatic nitrogens is 4. The first-order valence-electron chi connectivity index (χ1n) is 12.5. The number of rotatable bonds is 5. The van der Waals surface area contributed by atoms with Crippen LogP contribution in [0.25, 0.3) is 32.9 Å². The second-order valence-electron chi connectivity index (χ2n) is 10.0. The Labute approximate surface area is 224 Å². The van der Waals surface area contributed by atoms with Crippen LogP contribution in [0.3, 0.4) is 0 Å². The van der Waals surface area contributed by atoms with Crippen molar-refractivity contribution in [2.45, 2.75) is 13.0 Å². The Morgan fingerprint density at radius 2 is 2.16 bits per heavy atom. The Bertz CT molecular complexity index is 1560. The summed E-state index contributed by atoms with van der Waals surface area (Å²) in [5.74, 6) is 1.73. The van der Waals surface area contributed by atoms with Crippen molar-refractivity contribution >= 4 is 51.3 Å². The Kier molecular flexibility index (Phi) is 6.11. The number of ether oxygens (including phenoxy) is 1. The van der Waals surface area contributed by atoms with Crippen molar-refractivity contribution in [2.75, 3.05) is 63.6 Å². The summed E-state index contributed by atoms with van der Waals surface area (Å²) in [5.41, 5.74) is 4.43. The third-order valence-corrected chi connectivity index (χ3v) is 7.63. The van der Waals surface area contributed by atoms with E-state index in [-0.39, 0.29) is 12.6 Å². The zero-order valence-electron chi connectivity index (χ0n) is 21.5. The Morgan fingerprint density at radius 1 is 1.32 bits per heavy atom. The minimum absolute atomic E-state index is 0.210. The number of hydrogen-bond acceptors (Lipinski definition) is 8. The van der Waals surface area contributed by atoms with Crippen molar-refractivity contribution < 1.29 is 14.6 Å². The molecule has 3 N–H and O–H groups in total. The van der Waals surface area contributed by atoms with Crippen molar-refractivity contribution in [3.8, 4) is 16.9 Å². The number of hydrogen-bond donors (Lipinski definition) is 3. The van der Waals surface area contributed by atoms with Gasteiger partial charge in [0.1, 0.15) is 12.4 Å². The fraction of sp³-hybridized carbons (Fsp3) is 0.385. The Hall–Kier alpha value is -3.83. The van der Waals surface area contributed by atoms with Gasteiger partial charge in [-0.1, -0.05) is 17.7 Å². The SMILES string of the molecule is Cc1ccc2[nH]ncc2c1-c1cc2nc(NCCN(C)C)nc3c2c(c1Cl)OC[C@@H]1CN(C(=O)O)CCN31. The van der Waals surface area contributed by atoms with Crippen LogP contribution in [0, 0.1) is 6.92 Å². The molecule has 4 heterocycles. The van der Waals surface area contributed by atoms with Gasteiger partial charge >= 0.3 is 6.09 Å². The molecular weight excluding hydrogens is 508 g/mol. The van der Waals surface area contributed by atoms with Crippen LogP contribution >= 0.6 is 11.6 Å². The highest BCUT2D eigenvalue weighted by Crippen LogP contribution is 2.48. The first kappa shape index (κ1) is 24.5. The monoisotopic (exact) mass is 536 g/mol. The highest BCUT2D eigenvalue weighted by atomic mass is 35.5. The lowest BCUT2D eigenvalue weighted by Crippen LogP contribution is -2.56. The van der Waals surface area contributed by atoms with Crippen LogP contribution in [0.1, 0.15) is 5.56 Å². The molecule has 0 saturated carbocycles. The van der Waals surface area contributed by atoms with Crippen LogP contribution in [0.2, 0.25) is 5.02 Å². The van der Waals surface area contributed by atoms with Gasteiger partial charge in [0.05, 0.1) is 33.7 Å². The normalized spacial score (nSPS) is 17.0. The number of anilines is 2. The van der Waals surface area contributed by atoms with Crippen molar-refractivity contribution in [3.63, 3.8) is 0 Å². The van der Waals surface area contributed by atoms with Crippen molar-refractivity contribution in [1.29, 1.82) is 0 Å². The average molecular weight is 537 g/mol. The van der Waals surface area contributed by atoms with Gasteiger partial charge in [-0.15, -0.1) is 0 Å². The van der Waals surface area contributed by atoms with Crippen molar-refractivity contribution in [1.82, 2.24) is 30.0 Å². The molecule has 1 saturated heterocycles. The summed E-state index contributed by atoms with van der Waals surface area (Å²) < 4.78 is 6.37. The zero-order chi connectivity index (χ0) is 26.6. The van der Waals surface area contributed by atoms with E-state index >= 15 is 0 Å². The summed E-state index contributed by atoms with van der Waals surface area (Å²) in [5, 5.41) is 22.4. The molecule has 0 aliphatic carbocycles. The van der Waals surface area contributed by atoms with Crippen LogP contribution in [0.5, 0.6) is 5.75 Å². The fourth-order valence-electron chi connectivity index (χ4n) is 5.33. The number of carboxylic acid groups (broad SMARTS) is 1. The summed E-state index contributed by atoms with van der Waals surface area (Å²) in [7, 11) is 4.03. The molecule has 11 nitrogen and oxygen atoms in total. The Morgan fingerprint density at radius 3 is 2.95 bits per heavy atom. The molecule has 2 aliphatic heterocycles. The van der Waals surface area contributed by atoms with Gasteiger partial charge in [0.2, 0.25) is 5.95 Å². The van der Waals surface area contributed by atoms with Crippen LogP contribution < -0.4 is 15.0 Å². The molecule has 1 amide bonds. The number of fused-ring (bicyclic) bond motifs is 3. The minimum atomic E-state index is -0.936. The molecule has 4 aromatic rings. The van der Waals surface area contributed by atoms with Gasteiger partial charge in [0.15, 0.2) is 5.75 Å². The predicted octanol–water partition coefficient (Wildman–Crippen LogP) is 3.67. The molecule has 2 aromatic heterocycles. The predicted molar refractivity (Wildman–Crippen MR) is 148 cm³/mol. The van der Waals surface area contributed by atoms with E-state index in [0.717, 1.165) is 39.5 Å². The number of nitrogens with one attached hydrogen (secondary N) is 2. The molecule has 6 rings (SSSR count). The smallest absolute Gasteiger partial charge is 0.407 e. The first-order chi connectivity index (χ1) is 18.3. The number of nitrogens with zero attached hydrogens (tertiary/aromatic N) is 6. The van der Waals surface area contributed by atoms with E-state index in [1.807, 2.05) is 39.2 Å². The van der Waals surface area contributed by atoms with E-state index < -0.39 is 6.09 Å². The largest absolute Gasteiger partial charge is 0.489 e. The number of aryl methyl sites for hydroxylation is 1. The highest BCUT2D eigenvalue weighted by Gasteiger charge is 2.36. The lowest BCUT2D eigenvalue weighted by atomic mass is 9.95. The van der Waals surface area contributed by atoms with Crippen LogP contribution in [0.4, 0.5) is 16.6 Å². The van der Waals surface area contributed by atoms with E-state index in [0.29, 0.717) is 54.2 Å². The van der Waals surface area contributed by atoms with E-state index in [9.17, 15) is 9.90 Å². The average Bonchev–Trinajstić information content (AvgIpc) is 3.29. The van der Waals surface area contributed by atoms with Crippen LogP contribution in [0.15, 0.2) is 24.4 Å². The van der Waals surface area contributed by atoms with E-state index in [1.54, 1.807) is 6.20 Å².